The SMILES string of the molecule is CC(C)(C)OC(=O)NCCC=Cc1cc(C(=O)O)cc(C(F)(F)F)c1. The molecule has 1 rings (SSSR count). The zero-order valence-electron chi connectivity index (χ0n) is 14.1. The Labute approximate surface area is 143 Å². The first-order valence-corrected chi connectivity index (χ1v) is 7.47. The fraction of sp³-hybridized carbons (Fsp3) is 0.412. The largest absolute Gasteiger partial charge is 0.478 e. The number of rotatable bonds is 5. The van der Waals surface area contributed by atoms with E-state index in [-0.39, 0.29) is 12.1 Å². The highest BCUT2D eigenvalue weighted by molar-refractivity contribution is 5.88. The van der Waals surface area contributed by atoms with Crippen LogP contribution in [0.5, 0.6) is 0 Å². The van der Waals surface area contributed by atoms with Gasteiger partial charge in [-0.15, -0.1) is 0 Å². The Bertz CT molecular complexity index is 661. The minimum absolute atomic E-state index is 0.115. The molecule has 0 aromatic heterocycles. The Morgan fingerprint density at radius 1 is 1.20 bits per heavy atom. The predicted octanol–water partition coefficient (Wildman–Crippen LogP) is 4.33. The topological polar surface area (TPSA) is 75.6 Å². The molecule has 0 saturated carbocycles. The maximum absolute atomic E-state index is 12.8. The first-order chi connectivity index (χ1) is 11.4. The molecule has 0 fully saturated rings. The number of alkyl carbamates (subject to hydrolysis) is 1. The van der Waals surface area contributed by atoms with E-state index in [1.807, 2.05) is 0 Å². The van der Waals surface area contributed by atoms with E-state index < -0.39 is 35.0 Å². The molecular weight excluding hydrogens is 339 g/mol. The second-order valence-electron chi connectivity index (χ2n) is 6.27. The van der Waals surface area contributed by atoms with E-state index in [0.29, 0.717) is 12.5 Å². The van der Waals surface area contributed by atoms with Crippen molar-refractivity contribution < 1.29 is 32.6 Å². The van der Waals surface area contributed by atoms with E-state index in [1.165, 1.54) is 6.08 Å². The number of alkyl halides is 3. The number of carboxylic acids is 1. The van der Waals surface area contributed by atoms with Crippen LogP contribution in [-0.2, 0) is 10.9 Å². The number of hydrogen-bond acceptors (Lipinski definition) is 3. The third-order valence-corrected chi connectivity index (χ3v) is 2.82. The summed E-state index contributed by atoms with van der Waals surface area (Å²) < 4.78 is 43.4. The van der Waals surface area contributed by atoms with E-state index in [9.17, 15) is 22.8 Å². The van der Waals surface area contributed by atoms with Crippen LogP contribution in [0.2, 0.25) is 0 Å². The number of hydrogen-bond donors (Lipinski definition) is 2. The molecule has 25 heavy (non-hydrogen) atoms. The van der Waals surface area contributed by atoms with Crippen molar-refractivity contribution in [2.24, 2.45) is 0 Å². The quantitative estimate of drug-likeness (QED) is 0.767. The van der Waals surface area contributed by atoms with Crippen molar-refractivity contribution in [1.29, 1.82) is 0 Å². The zero-order valence-corrected chi connectivity index (χ0v) is 14.1. The number of carboxylic acid groups (broad SMARTS) is 1. The lowest BCUT2D eigenvalue weighted by atomic mass is 10.0. The number of nitrogens with one attached hydrogen (secondary N) is 1. The lowest BCUT2D eigenvalue weighted by molar-refractivity contribution is -0.137. The standard InChI is InChI=1S/C17H20F3NO4/c1-16(2,3)25-15(24)21-7-5-4-6-11-8-12(14(22)23)10-13(9-11)17(18,19)20/h4,6,8-10H,5,7H2,1-3H3,(H,21,24)(H,22,23). The third-order valence-electron chi connectivity index (χ3n) is 2.82. The zero-order chi connectivity index (χ0) is 19.3. The highest BCUT2D eigenvalue weighted by Crippen LogP contribution is 2.31. The monoisotopic (exact) mass is 359 g/mol. The fourth-order valence-corrected chi connectivity index (χ4v) is 1.83. The van der Waals surface area contributed by atoms with Crippen LogP contribution in [0.1, 0.15) is 48.7 Å². The summed E-state index contributed by atoms with van der Waals surface area (Å²) in [7, 11) is 0. The van der Waals surface area contributed by atoms with Crippen LogP contribution in [0.3, 0.4) is 0 Å². The summed E-state index contributed by atoms with van der Waals surface area (Å²) in [6, 6.07) is 2.60. The molecule has 0 aliphatic rings. The third kappa shape index (κ3) is 7.73. The minimum atomic E-state index is -4.63. The van der Waals surface area contributed by atoms with Gasteiger partial charge in [-0.1, -0.05) is 12.2 Å². The number of benzene rings is 1. The second kappa shape index (κ2) is 8.04. The lowest BCUT2D eigenvalue weighted by Gasteiger charge is -2.19. The molecule has 0 aliphatic carbocycles. The summed E-state index contributed by atoms with van der Waals surface area (Å²) in [5, 5.41) is 11.4. The van der Waals surface area contributed by atoms with Crippen molar-refractivity contribution in [3.63, 3.8) is 0 Å². The van der Waals surface area contributed by atoms with Crippen LogP contribution in [0.15, 0.2) is 24.3 Å². The van der Waals surface area contributed by atoms with Gasteiger partial charge < -0.3 is 15.2 Å². The van der Waals surface area contributed by atoms with Crippen LogP contribution in [0.4, 0.5) is 18.0 Å². The van der Waals surface area contributed by atoms with Crippen LogP contribution in [0.25, 0.3) is 6.08 Å². The van der Waals surface area contributed by atoms with Gasteiger partial charge in [0.05, 0.1) is 11.1 Å². The maximum Gasteiger partial charge on any atom is 0.416 e. The van der Waals surface area contributed by atoms with Crippen LogP contribution in [0, 0.1) is 0 Å². The molecule has 1 aromatic carbocycles. The number of carbonyl (C=O) groups is 2. The fourth-order valence-electron chi connectivity index (χ4n) is 1.83. The average Bonchev–Trinajstić information content (AvgIpc) is 2.43. The van der Waals surface area contributed by atoms with Gasteiger partial charge in [-0.2, -0.15) is 13.2 Å². The van der Waals surface area contributed by atoms with E-state index >= 15 is 0 Å². The molecule has 0 heterocycles. The van der Waals surface area contributed by atoms with Gasteiger partial charge in [0.25, 0.3) is 0 Å². The normalized spacial score (nSPS) is 12.2. The second-order valence-corrected chi connectivity index (χ2v) is 6.27. The van der Waals surface area contributed by atoms with E-state index in [1.54, 1.807) is 26.8 Å². The first kappa shape index (κ1) is 20.5. The maximum atomic E-state index is 12.8. The lowest BCUT2D eigenvalue weighted by Crippen LogP contribution is -2.32. The molecule has 5 nitrogen and oxygen atoms in total. The Hall–Kier alpha value is -2.51. The van der Waals surface area contributed by atoms with Gasteiger partial charge in [0.1, 0.15) is 5.60 Å². The molecule has 0 atom stereocenters. The van der Waals surface area contributed by atoms with Gasteiger partial charge in [-0.05, 0) is 51.0 Å². The van der Waals surface area contributed by atoms with Crippen LogP contribution < -0.4 is 5.32 Å². The molecule has 0 bridgehead atoms. The summed E-state index contributed by atoms with van der Waals surface area (Å²) in [4.78, 5) is 22.4. The Kier molecular flexibility index (Phi) is 6.61. The smallest absolute Gasteiger partial charge is 0.416 e. The Morgan fingerprint density at radius 2 is 1.84 bits per heavy atom. The van der Waals surface area contributed by atoms with Crippen LogP contribution >= 0.6 is 0 Å². The van der Waals surface area contributed by atoms with Crippen molar-refractivity contribution in [2.45, 2.75) is 39.0 Å². The molecule has 138 valence electrons. The molecule has 0 saturated heterocycles. The van der Waals surface area contributed by atoms with Gasteiger partial charge in [-0.25, -0.2) is 9.59 Å². The van der Waals surface area contributed by atoms with Gasteiger partial charge in [0.15, 0.2) is 0 Å². The molecule has 8 heteroatoms. The first-order valence-electron chi connectivity index (χ1n) is 7.47. The number of carbonyl (C=O) groups excluding carboxylic acids is 1. The average molecular weight is 359 g/mol. The molecular formula is C17H20F3NO4. The van der Waals surface area contributed by atoms with Crippen molar-refractivity contribution in [3.05, 3.63) is 41.0 Å². The van der Waals surface area contributed by atoms with Crippen molar-refractivity contribution in [1.82, 2.24) is 5.32 Å². The van der Waals surface area contributed by atoms with Gasteiger partial charge >= 0.3 is 18.2 Å². The predicted molar refractivity (Wildman–Crippen MR) is 86.3 cm³/mol. The molecule has 0 radical (unpaired) electrons. The van der Waals surface area contributed by atoms with Gasteiger partial charge in [0, 0.05) is 6.54 Å². The number of halogens is 3. The van der Waals surface area contributed by atoms with E-state index in [0.717, 1.165) is 12.1 Å². The summed E-state index contributed by atoms with van der Waals surface area (Å²) in [5.41, 5.74) is -1.98. The molecule has 1 amide bonds. The molecule has 0 aliphatic heterocycles. The van der Waals surface area contributed by atoms with Crippen molar-refractivity contribution in [3.8, 4) is 0 Å². The van der Waals surface area contributed by atoms with E-state index in [4.69, 9.17) is 9.84 Å². The van der Waals surface area contributed by atoms with Crippen molar-refractivity contribution >= 4 is 18.1 Å². The highest BCUT2D eigenvalue weighted by Gasteiger charge is 2.31. The summed E-state index contributed by atoms with van der Waals surface area (Å²) in [5.74, 6) is -1.44. The molecule has 2 N–H and O–H groups in total. The molecule has 0 spiro atoms. The van der Waals surface area contributed by atoms with Gasteiger partial charge in [0.2, 0.25) is 0 Å². The van der Waals surface area contributed by atoms with E-state index in [2.05, 4.69) is 5.32 Å². The number of ether oxygens (including phenoxy) is 1. The Morgan fingerprint density at radius 3 is 2.36 bits per heavy atom. The number of aromatic carboxylic acids is 1. The summed E-state index contributed by atoms with van der Waals surface area (Å²) >= 11 is 0. The number of amides is 1. The van der Waals surface area contributed by atoms with Crippen LogP contribution in [-0.4, -0.2) is 29.3 Å². The molecule has 1 aromatic rings. The summed E-state index contributed by atoms with van der Waals surface area (Å²) in [6.45, 7) is 5.40. The molecule has 0 unspecified atom stereocenters. The summed E-state index contributed by atoms with van der Waals surface area (Å²) in [6.07, 6.45) is -1.96. The van der Waals surface area contributed by atoms with Gasteiger partial charge in [-0.3, -0.25) is 0 Å². The Balaban J connectivity index is 2.70. The van der Waals surface area contributed by atoms with Crippen molar-refractivity contribution in [2.75, 3.05) is 6.54 Å². The highest BCUT2D eigenvalue weighted by atomic mass is 19.4. The minimum Gasteiger partial charge on any atom is -0.478 e.